The molecule has 4 aromatic rings. The molecule has 0 radical (unpaired) electrons. The minimum atomic E-state index is -1.56. The van der Waals surface area contributed by atoms with Gasteiger partial charge in [0.05, 0.1) is 35.0 Å². The summed E-state index contributed by atoms with van der Waals surface area (Å²) in [6, 6.07) is 22.5. The molecule has 4 aliphatic rings. The number of hydrogen-bond acceptors (Lipinski definition) is 7. The van der Waals surface area contributed by atoms with Crippen molar-refractivity contribution in [1.29, 1.82) is 0 Å². The summed E-state index contributed by atoms with van der Waals surface area (Å²) in [6.45, 7) is -0.389. The Morgan fingerprint density at radius 1 is 0.898 bits per heavy atom. The van der Waals surface area contributed by atoms with Crippen molar-refractivity contribution in [1.82, 2.24) is 5.01 Å². The first-order valence-electron chi connectivity index (χ1n) is 15.8. The van der Waals surface area contributed by atoms with E-state index in [9.17, 15) is 23.9 Å². The molecule has 2 aliphatic heterocycles. The molecule has 1 aromatic heterocycles. The van der Waals surface area contributed by atoms with E-state index in [1.807, 2.05) is 18.2 Å². The van der Waals surface area contributed by atoms with E-state index in [1.165, 1.54) is 29.2 Å². The topological polar surface area (TPSA) is 120 Å². The van der Waals surface area contributed by atoms with Crippen LogP contribution in [0.3, 0.4) is 0 Å². The molecule has 2 N–H and O–H groups in total. The molecule has 4 amide bonds. The number of rotatable bonds is 6. The number of amides is 4. The van der Waals surface area contributed by atoms with Gasteiger partial charge >= 0.3 is 0 Å². The number of anilines is 2. The van der Waals surface area contributed by atoms with Crippen LogP contribution in [-0.2, 0) is 31.2 Å². The van der Waals surface area contributed by atoms with E-state index in [0.29, 0.717) is 27.7 Å². The summed E-state index contributed by atoms with van der Waals surface area (Å²) in [6.07, 6.45) is 2.29. The first-order valence-corrected chi connectivity index (χ1v) is 17.3. The molecule has 0 unspecified atom stereocenters. The summed E-state index contributed by atoms with van der Waals surface area (Å²) in [5.41, 5.74) is 3.41. The third kappa shape index (κ3) is 4.80. The van der Waals surface area contributed by atoms with Crippen LogP contribution >= 0.6 is 34.2 Å². The minimum absolute atomic E-state index is 0.103. The van der Waals surface area contributed by atoms with E-state index in [1.54, 1.807) is 48.5 Å². The number of furan rings is 1. The Kier molecular flexibility index (Phi) is 7.76. The lowest BCUT2D eigenvalue weighted by Crippen LogP contribution is -2.53. The summed E-state index contributed by atoms with van der Waals surface area (Å²) in [7, 11) is 0. The number of halogens is 3. The Morgan fingerprint density at radius 2 is 1.61 bits per heavy atom. The monoisotopic (exact) mass is 791 g/mol. The molecule has 0 bridgehead atoms. The molecule has 3 aromatic carbocycles. The van der Waals surface area contributed by atoms with Gasteiger partial charge < -0.3 is 9.52 Å². The number of imide groups is 2. The van der Waals surface area contributed by atoms with Gasteiger partial charge in [-0.3, -0.25) is 29.5 Å². The maximum absolute atomic E-state index is 15.1. The van der Waals surface area contributed by atoms with Crippen LogP contribution in [0.5, 0.6) is 0 Å². The maximum atomic E-state index is 15.1. The van der Waals surface area contributed by atoms with E-state index in [-0.39, 0.29) is 37.0 Å². The maximum Gasteiger partial charge on any atom is 0.260 e. The van der Waals surface area contributed by atoms with Crippen LogP contribution in [0, 0.1) is 33.1 Å². The Labute approximate surface area is 298 Å². The van der Waals surface area contributed by atoms with Gasteiger partial charge in [-0.1, -0.05) is 35.4 Å². The van der Waals surface area contributed by atoms with Gasteiger partial charge in [0.1, 0.15) is 29.4 Å². The molecule has 12 heteroatoms. The molecule has 2 saturated heterocycles. The molecule has 248 valence electrons. The molecular formula is C37H28ClFIN3O6. The summed E-state index contributed by atoms with van der Waals surface area (Å²) in [4.78, 5) is 59.2. The molecule has 1 saturated carbocycles. The van der Waals surface area contributed by atoms with Gasteiger partial charge in [0.2, 0.25) is 11.8 Å². The van der Waals surface area contributed by atoms with Gasteiger partial charge in [-0.15, -0.1) is 0 Å². The van der Waals surface area contributed by atoms with Crippen LogP contribution in [-0.4, -0.2) is 33.7 Å². The van der Waals surface area contributed by atoms with E-state index < -0.39 is 52.6 Å². The van der Waals surface area contributed by atoms with Crippen LogP contribution in [0.25, 0.3) is 0 Å². The fraction of sp³-hybridized carbons (Fsp3) is 0.243. The number of allylic oxidation sites excluding steroid dienone is 2. The van der Waals surface area contributed by atoms with Crippen LogP contribution < -0.4 is 10.3 Å². The van der Waals surface area contributed by atoms with Crippen LogP contribution in [0.1, 0.15) is 35.8 Å². The number of fused-ring (bicyclic) bond motifs is 4. The summed E-state index contributed by atoms with van der Waals surface area (Å²) < 4.78 is 20.9. The Hall–Kier alpha value is -4.33. The number of aliphatic hydroxyl groups excluding tert-OH is 1. The lowest BCUT2D eigenvalue weighted by Gasteiger charge is -2.49. The second kappa shape index (κ2) is 11.9. The predicted octanol–water partition coefficient (Wildman–Crippen LogP) is 6.36. The second-order valence-corrected chi connectivity index (χ2v) is 14.5. The Balaban J connectivity index is 1.31. The van der Waals surface area contributed by atoms with E-state index >= 15 is 4.79 Å². The van der Waals surface area contributed by atoms with Gasteiger partial charge in [0.25, 0.3) is 11.8 Å². The molecule has 8 rings (SSSR count). The van der Waals surface area contributed by atoms with Crippen molar-refractivity contribution in [3.63, 3.8) is 0 Å². The predicted molar refractivity (Wildman–Crippen MR) is 185 cm³/mol. The third-order valence-corrected chi connectivity index (χ3v) is 11.4. The highest BCUT2D eigenvalue weighted by atomic mass is 127. The van der Waals surface area contributed by atoms with Crippen LogP contribution in [0.15, 0.2) is 101 Å². The number of nitrogens with zero attached hydrogens (tertiary/aromatic N) is 2. The van der Waals surface area contributed by atoms with Crippen molar-refractivity contribution in [3.8, 4) is 0 Å². The zero-order valence-electron chi connectivity index (χ0n) is 25.7. The summed E-state index contributed by atoms with van der Waals surface area (Å²) >= 11 is 8.48. The molecule has 3 fully saturated rings. The van der Waals surface area contributed by atoms with Crippen LogP contribution in [0.4, 0.5) is 15.8 Å². The number of hydrazine groups is 1. The van der Waals surface area contributed by atoms with E-state index in [0.717, 1.165) is 14.2 Å². The molecule has 6 atom stereocenters. The lowest BCUT2D eigenvalue weighted by atomic mass is 9.50. The van der Waals surface area contributed by atoms with Crippen molar-refractivity contribution in [2.24, 2.45) is 23.7 Å². The van der Waals surface area contributed by atoms with Gasteiger partial charge in [-0.05, 0) is 120 Å². The zero-order valence-corrected chi connectivity index (χ0v) is 28.6. The number of aliphatic hydroxyl groups is 1. The van der Waals surface area contributed by atoms with Gasteiger partial charge in [-0.2, -0.15) is 5.01 Å². The first-order chi connectivity index (χ1) is 23.6. The Morgan fingerprint density at radius 3 is 2.29 bits per heavy atom. The van der Waals surface area contributed by atoms with Crippen molar-refractivity contribution in [2.45, 2.75) is 30.8 Å². The number of hydrogen-bond donors (Lipinski definition) is 2. The van der Waals surface area contributed by atoms with E-state index in [4.69, 9.17) is 16.0 Å². The van der Waals surface area contributed by atoms with Gasteiger partial charge in [-0.25, -0.2) is 4.39 Å². The number of carbonyl (C=O) groups is 4. The first kappa shape index (κ1) is 31.9. The highest BCUT2D eigenvalue weighted by Crippen LogP contribution is 2.64. The summed E-state index contributed by atoms with van der Waals surface area (Å²) in [5, 5.41) is 11.4. The number of nitrogens with one attached hydrogen (secondary N) is 1. The molecule has 3 heterocycles. The molecular weight excluding hydrogens is 764 g/mol. The normalized spacial score (nSPS) is 27.6. The minimum Gasteiger partial charge on any atom is -0.463 e. The fourth-order valence-corrected chi connectivity index (χ4v) is 8.93. The van der Waals surface area contributed by atoms with Gasteiger partial charge in [0, 0.05) is 8.59 Å². The zero-order chi connectivity index (χ0) is 34.2. The smallest absolute Gasteiger partial charge is 0.260 e. The Bertz CT molecular complexity index is 2050. The average molecular weight is 792 g/mol. The highest BCUT2D eigenvalue weighted by molar-refractivity contribution is 14.1. The highest BCUT2D eigenvalue weighted by Gasteiger charge is 2.71. The largest absolute Gasteiger partial charge is 0.463 e. The molecule has 0 spiro atoms. The molecule has 49 heavy (non-hydrogen) atoms. The van der Waals surface area contributed by atoms with Crippen molar-refractivity contribution >= 4 is 69.2 Å². The quantitative estimate of drug-likeness (QED) is 0.133. The molecule has 9 nitrogen and oxygen atoms in total. The number of carbonyl (C=O) groups excluding carboxylic acids is 4. The van der Waals surface area contributed by atoms with Crippen molar-refractivity contribution in [3.05, 3.63) is 128 Å². The van der Waals surface area contributed by atoms with Gasteiger partial charge in [0.15, 0.2) is 0 Å². The lowest BCUT2D eigenvalue weighted by molar-refractivity contribution is -0.138. The van der Waals surface area contributed by atoms with Crippen molar-refractivity contribution in [2.75, 3.05) is 10.3 Å². The summed E-state index contributed by atoms with van der Waals surface area (Å²) in [5.74, 6) is -5.49. The second-order valence-electron chi connectivity index (χ2n) is 12.8. The third-order valence-electron chi connectivity index (χ3n) is 10.5. The molecule has 2 aliphatic carbocycles. The fourth-order valence-electron chi connectivity index (χ4n) is 8.44. The van der Waals surface area contributed by atoms with Crippen molar-refractivity contribution < 1.29 is 33.1 Å². The van der Waals surface area contributed by atoms with Crippen LogP contribution in [0.2, 0.25) is 5.02 Å². The SMILES string of the molecule is O=C1[C@@H]2C[C@@H]3C(=CC[C@@H]4C(=O)N(c5ccc(I)cc5)C(=O)[C@@H]43)[C@H](c3ccc(CO)o3)[C@]2(c2ccc(Cl)cc2)C(=O)N1Nc1ccc(F)cc1. The standard InChI is InChI=1S/C37H28ClFIN3O6/c38-20-3-1-19(2-4-20)37-29(34(46)43(36(37)48)41-23-9-5-21(39)6-10-23)17-28-26(32(37)30-16-13-25(18-44)49-30)14-15-27-31(28)35(47)42(33(27)45)24-11-7-22(40)8-12-24/h1-14,16,27-29,31-32,41,44H,15,17-18H2/t27-,28+,29-,31-,32+,37+/m0/s1. The average Bonchev–Trinajstić information content (AvgIpc) is 3.74. The number of benzene rings is 3. The van der Waals surface area contributed by atoms with E-state index in [2.05, 4.69) is 28.0 Å².